The Morgan fingerprint density at radius 2 is 1.74 bits per heavy atom. The van der Waals surface area contributed by atoms with E-state index in [2.05, 4.69) is 33.3 Å². The van der Waals surface area contributed by atoms with E-state index in [1.807, 2.05) is 51.5 Å². The SMILES string of the molecule is COc1ccc(-c2nnc3c4cnn(-c5ccccc5C)c4ncn23)cc1. The Kier molecular flexibility index (Phi) is 3.39. The minimum Gasteiger partial charge on any atom is -0.497 e. The molecule has 27 heavy (non-hydrogen) atoms. The number of ether oxygens (including phenoxy) is 1. The van der Waals surface area contributed by atoms with Gasteiger partial charge < -0.3 is 4.74 Å². The molecule has 0 saturated heterocycles. The maximum Gasteiger partial charge on any atom is 0.175 e. The highest BCUT2D eigenvalue weighted by Gasteiger charge is 2.16. The number of nitrogens with zero attached hydrogens (tertiary/aromatic N) is 6. The second-order valence-electron chi connectivity index (χ2n) is 6.27. The molecule has 5 rings (SSSR count). The van der Waals surface area contributed by atoms with Gasteiger partial charge in [0.2, 0.25) is 0 Å². The van der Waals surface area contributed by atoms with Gasteiger partial charge in [-0.25, -0.2) is 9.67 Å². The van der Waals surface area contributed by atoms with Crippen LogP contribution in [-0.2, 0) is 0 Å². The quantitative estimate of drug-likeness (QED) is 0.495. The third-order valence-electron chi connectivity index (χ3n) is 4.67. The summed E-state index contributed by atoms with van der Waals surface area (Å²) in [5.41, 5.74) is 4.55. The zero-order valence-corrected chi connectivity index (χ0v) is 14.9. The third-order valence-corrected chi connectivity index (χ3v) is 4.67. The molecule has 0 amide bonds. The highest BCUT2D eigenvalue weighted by Crippen LogP contribution is 2.25. The molecular weight excluding hydrogens is 340 g/mol. The van der Waals surface area contributed by atoms with E-state index in [0.29, 0.717) is 0 Å². The molecule has 0 N–H and O–H groups in total. The van der Waals surface area contributed by atoms with Crippen LogP contribution in [0.1, 0.15) is 5.56 Å². The predicted molar refractivity (Wildman–Crippen MR) is 102 cm³/mol. The van der Waals surface area contributed by atoms with E-state index >= 15 is 0 Å². The van der Waals surface area contributed by atoms with Crippen LogP contribution in [0.25, 0.3) is 33.8 Å². The summed E-state index contributed by atoms with van der Waals surface area (Å²) in [7, 11) is 1.65. The fraction of sp³-hybridized carbons (Fsp3) is 0.100. The Hall–Kier alpha value is -3.74. The highest BCUT2D eigenvalue weighted by molar-refractivity contribution is 5.90. The van der Waals surface area contributed by atoms with E-state index in [9.17, 15) is 0 Å². The molecule has 0 bridgehead atoms. The van der Waals surface area contributed by atoms with Gasteiger partial charge >= 0.3 is 0 Å². The van der Waals surface area contributed by atoms with Crippen molar-refractivity contribution in [3.8, 4) is 22.8 Å². The maximum absolute atomic E-state index is 5.22. The van der Waals surface area contributed by atoms with E-state index in [1.54, 1.807) is 19.6 Å². The van der Waals surface area contributed by atoms with Crippen molar-refractivity contribution in [2.75, 3.05) is 7.11 Å². The van der Waals surface area contributed by atoms with Crippen LogP contribution >= 0.6 is 0 Å². The van der Waals surface area contributed by atoms with E-state index in [4.69, 9.17) is 4.74 Å². The van der Waals surface area contributed by atoms with E-state index in [-0.39, 0.29) is 0 Å². The monoisotopic (exact) mass is 356 g/mol. The number of aryl methyl sites for hydroxylation is 1. The molecule has 7 heteroatoms. The fourth-order valence-electron chi connectivity index (χ4n) is 3.24. The van der Waals surface area contributed by atoms with Crippen LogP contribution in [0.2, 0.25) is 0 Å². The topological polar surface area (TPSA) is 70.1 Å². The van der Waals surface area contributed by atoms with Crippen molar-refractivity contribution >= 4 is 16.7 Å². The molecule has 0 saturated carbocycles. The molecule has 3 heterocycles. The number of methoxy groups -OCH3 is 1. The number of para-hydroxylation sites is 1. The van der Waals surface area contributed by atoms with Crippen molar-refractivity contribution in [1.29, 1.82) is 0 Å². The molecule has 3 aromatic heterocycles. The average Bonchev–Trinajstić information content (AvgIpc) is 3.32. The molecule has 0 unspecified atom stereocenters. The minimum absolute atomic E-state index is 0.727. The van der Waals surface area contributed by atoms with Crippen molar-refractivity contribution in [1.82, 2.24) is 29.4 Å². The summed E-state index contributed by atoms with van der Waals surface area (Å²) in [5.74, 6) is 1.53. The Balaban J connectivity index is 1.69. The van der Waals surface area contributed by atoms with E-state index < -0.39 is 0 Å². The highest BCUT2D eigenvalue weighted by atomic mass is 16.5. The molecule has 132 valence electrons. The Labute approximate surface area is 154 Å². The van der Waals surface area contributed by atoms with Gasteiger partial charge in [0.1, 0.15) is 12.1 Å². The lowest BCUT2D eigenvalue weighted by molar-refractivity contribution is 0.415. The number of aromatic nitrogens is 6. The summed E-state index contributed by atoms with van der Waals surface area (Å²) < 4.78 is 8.94. The first-order valence-corrected chi connectivity index (χ1v) is 8.54. The van der Waals surface area contributed by atoms with Gasteiger partial charge in [-0.3, -0.25) is 4.40 Å². The van der Waals surface area contributed by atoms with Crippen molar-refractivity contribution in [2.24, 2.45) is 0 Å². The maximum atomic E-state index is 5.22. The third kappa shape index (κ3) is 2.36. The van der Waals surface area contributed by atoms with Gasteiger partial charge in [-0.2, -0.15) is 5.10 Å². The fourth-order valence-corrected chi connectivity index (χ4v) is 3.24. The molecule has 0 aliphatic rings. The van der Waals surface area contributed by atoms with E-state index in [0.717, 1.165) is 45.1 Å². The van der Waals surface area contributed by atoms with Gasteiger partial charge in [-0.1, -0.05) is 18.2 Å². The van der Waals surface area contributed by atoms with Crippen molar-refractivity contribution in [3.05, 3.63) is 66.6 Å². The van der Waals surface area contributed by atoms with Crippen molar-refractivity contribution < 1.29 is 4.74 Å². The van der Waals surface area contributed by atoms with E-state index in [1.165, 1.54) is 0 Å². The molecule has 7 nitrogen and oxygen atoms in total. The van der Waals surface area contributed by atoms with Crippen LogP contribution < -0.4 is 4.74 Å². The molecule has 0 fully saturated rings. The van der Waals surface area contributed by atoms with Crippen LogP contribution in [0.4, 0.5) is 0 Å². The molecule has 5 aromatic rings. The molecule has 0 aliphatic carbocycles. The summed E-state index contributed by atoms with van der Waals surface area (Å²) in [6.07, 6.45) is 3.53. The number of benzene rings is 2. The normalized spacial score (nSPS) is 11.3. The Morgan fingerprint density at radius 1 is 0.926 bits per heavy atom. The van der Waals surface area contributed by atoms with Crippen LogP contribution in [0.3, 0.4) is 0 Å². The second-order valence-corrected chi connectivity index (χ2v) is 6.27. The lowest BCUT2D eigenvalue weighted by Crippen LogP contribution is -2.00. The Bertz CT molecular complexity index is 1270. The largest absolute Gasteiger partial charge is 0.497 e. The summed E-state index contributed by atoms with van der Waals surface area (Å²) in [5, 5.41) is 14.1. The lowest BCUT2D eigenvalue weighted by Gasteiger charge is -2.06. The van der Waals surface area contributed by atoms with Gasteiger partial charge in [-0.05, 0) is 42.8 Å². The predicted octanol–water partition coefficient (Wildman–Crippen LogP) is 3.45. The van der Waals surface area contributed by atoms with Crippen LogP contribution in [0.5, 0.6) is 5.75 Å². The summed E-state index contributed by atoms with van der Waals surface area (Å²) in [6.45, 7) is 2.06. The molecule has 0 atom stereocenters. The first kappa shape index (κ1) is 15.5. The van der Waals surface area contributed by atoms with Gasteiger partial charge in [0.15, 0.2) is 17.1 Å². The van der Waals surface area contributed by atoms with Crippen LogP contribution in [-0.4, -0.2) is 36.5 Å². The van der Waals surface area contributed by atoms with Crippen LogP contribution in [0, 0.1) is 6.92 Å². The van der Waals surface area contributed by atoms with Crippen LogP contribution in [0.15, 0.2) is 61.1 Å². The summed E-state index contributed by atoms with van der Waals surface area (Å²) in [4.78, 5) is 4.64. The van der Waals surface area contributed by atoms with Gasteiger partial charge in [0.05, 0.1) is 24.4 Å². The molecule has 0 aliphatic heterocycles. The smallest absolute Gasteiger partial charge is 0.175 e. The van der Waals surface area contributed by atoms with Crippen molar-refractivity contribution in [3.63, 3.8) is 0 Å². The zero-order valence-electron chi connectivity index (χ0n) is 14.9. The second kappa shape index (κ2) is 5.91. The molecular formula is C20H16N6O. The summed E-state index contributed by atoms with van der Waals surface area (Å²) >= 11 is 0. The average molecular weight is 356 g/mol. The standard InChI is InChI=1S/C20H16N6O/c1-13-5-3-4-6-17(13)26-19-16(11-22-26)20-24-23-18(25(20)12-21-19)14-7-9-15(27-2)10-8-14/h3-12H,1-2H3. The number of hydrogen-bond acceptors (Lipinski definition) is 5. The summed E-state index contributed by atoms with van der Waals surface area (Å²) in [6, 6.07) is 15.8. The molecule has 0 spiro atoms. The van der Waals surface area contributed by atoms with Gasteiger partial charge in [0.25, 0.3) is 0 Å². The lowest BCUT2D eigenvalue weighted by atomic mass is 10.2. The number of fused-ring (bicyclic) bond motifs is 3. The van der Waals surface area contributed by atoms with Gasteiger partial charge in [-0.15, -0.1) is 10.2 Å². The first-order chi connectivity index (χ1) is 13.3. The first-order valence-electron chi connectivity index (χ1n) is 8.54. The zero-order chi connectivity index (χ0) is 18.4. The molecule has 0 radical (unpaired) electrons. The molecule has 2 aromatic carbocycles. The number of hydrogen-bond donors (Lipinski definition) is 0. The van der Waals surface area contributed by atoms with Crippen molar-refractivity contribution in [2.45, 2.75) is 6.92 Å². The Morgan fingerprint density at radius 3 is 2.52 bits per heavy atom. The van der Waals surface area contributed by atoms with Gasteiger partial charge in [0, 0.05) is 5.56 Å². The minimum atomic E-state index is 0.727. The number of rotatable bonds is 3.